The SMILES string of the molecule is O=C(NC1CN2CCC1CC2)c1ccc(-c2ccc(F)cc2)o1. The zero-order chi connectivity index (χ0) is 15.8. The van der Waals surface area contributed by atoms with E-state index in [-0.39, 0.29) is 17.8 Å². The highest BCUT2D eigenvalue weighted by molar-refractivity contribution is 5.92. The number of rotatable bonds is 3. The van der Waals surface area contributed by atoms with Crippen LogP contribution >= 0.6 is 0 Å². The molecule has 5 heteroatoms. The fourth-order valence-corrected chi connectivity index (χ4v) is 3.60. The highest BCUT2D eigenvalue weighted by Crippen LogP contribution is 2.28. The smallest absolute Gasteiger partial charge is 0.287 e. The van der Waals surface area contributed by atoms with Crippen LogP contribution in [-0.4, -0.2) is 36.5 Å². The highest BCUT2D eigenvalue weighted by atomic mass is 19.1. The molecule has 0 radical (unpaired) electrons. The van der Waals surface area contributed by atoms with Gasteiger partial charge in [-0.2, -0.15) is 0 Å². The van der Waals surface area contributed by atoms with Gasteiger partial charge in [0.15, 0.2) is 5.76 Å². The highest BCUT2D eigenvalue weighted by Gasteiger charge is 2.35. The Morgan fingerprint density at radius 3 is 2.52 bits per heavy atom. The summed E-state index contributed by atoms with van der Waals surface area (Å²) in [4.78, 5) is 14.8. The van der Waals surface area contributed by atoms with Gasteiger partial charge in [0.05, 0.1) is 0 Å². The number of fused-ring (bicyclic) bond motifs is 3. The van der Waals surface area contributed by atoms with Crippen molar-refractivity contribution in [1.82, 2.24) is 10.2 Å². The molecule has 3 aliphatic heterocycles. The second kappa shape index (κ2) is 5.81. The van der Waals surface area contributed by atoms with Gasteiger partial charge in [-0.1, -0.05) is 0 Å². The van der Waals surface area contributed by atoms with Crippen molar-refractivity contribution in [1.29, 1.82) is 0 Å². The van der Waals surface area contributed by atoms with Crippen LogP contribution in [0.2, 0.25) is 0 Å². The van der Waals surface area contributed by atoms with Gasteiger partial charge in [0, 0.05) is 18.2 Å². The minimum atomic E-state index is -0.291. The summed E-state index contributed by atoms with van der Waals surface area (Å²) in [5.74, 6) is 0.998. The summed E-state index contributed by atoms with van der Waals surface area (Å²) >= 11 is 0. The van der Waals surface area contributed by atoms with Gasteiger partial charge in [-0.3, -0.25) is 4.79 Å². The van der Waals surface area contributed by atoms with Crippen LogP contribution in [0, 0.1) is 11.7 Å². The molecule has 4 nitrogen and oxygen atoms in total. The van der Waals surface area contributed by atoms with E-state index < -0.39 is 0 Å². The van der Waals surface area contributed by atoms with Crippen molar-refractivity contribution < 1.29 is 13.6 Å². The third-order valence-electron chi connectivity index (χ3n) is 4.93. The van der Waals surface area contributed by atoms with Crippen molar-refractivity contribution in [2.24, 2.45) is 5.92 Å². The minimum Gasteiger partial charge on any atom is -0.451 e. The van der Waals surface area contributed by atoms with Crippen LogP contribution in [0.4, 0.5) is 4.39 Å². The molecule has 1 N–H and O–H groups in total. The van der Waals surface area contributed by atoms with Crippen LogP contribution in [0.3, 0.4) is 0 Å². The van der Waals surface area contributed by atoms with Crippen LogP contribution < -0.4 is 5.32 Å². The summed E-state index contributed by atoms with van der Waals surface area (Å²) < 4.78 is 18.6. The maximum Gasteiger partial charge on any atom is 0.287 e. The number of piperidine rings is 3. The van der Waals surface area contributed by atoms with Crippen LogP contribution in [0.25, 0.3) is 11.3 Å². The molecule has 2 bridgehead atoms. The predicted molar refractivity (Wildman–Crippen MR) is 84.5 cm³/mol. The lowest BCUT2D eigenvalue weighted by atomic mass is 9.84. The van der Waals surface area contributed by atoms with E-state index in [9.17, 15) is 9.18 Å². The summed E-state index contributed by atoms with van der Waals surface area (Å²) in [5, 5.41) is 3.11. The zero-order valence-electron chi connectivity index (χ0n) is 12.8. The number of hydrogen-bond acceptors (Lipinski definition) is 3. The third kappa shape index (κ3) is 2.88. The molecule has 1 amide bonds. The number of nitrogens with one attached hydrogen (secondary N) is 1. The molecule has 3 aliphatic rings. The van der Waals surface area contributed by atoms with Crippen LogP contribution in [-0.2, 0) is 0 Å². The normalized spacial score (nSPS) is 26.2. The third-order valence-corrected chi connectivity index (χ3v) is 4.93. The van der Waals surface area contributed by atoms with Crippen LogP contribution in [0.5, 0.6) is 0 Å². The Bertz CT molecular complexity index is 702. The topological polar surface area (TPSA) is 45.5 Å². The maximum absolute atomic E-state index is 13.0. The second-order valence-corrected chi connectivity index (χ2v) is 6.39. The second-order valence-electron chi connectivity index (χ2n) is 6.39. The molecule has 3 saturated heterocycles. The van der Waals surface area contributed by atoms with E-state index in [0.717, 1.165) is 38.0 Å². The van der Waals surface area contributed by atoms with Crippen molar-refractivity contribution in [2.75, 3.05) is 19.6 Å². The van der Waals surface area contributed by atoms with E-state index >= 15 is 0 Å². The molecule has 23 heavy (non-hydrogen) atoms. The van der Waals surface area contributed by atoms with Crippen molar-refractivity contribution in [3.63, 3.8) is 0 Å². The van der Waals surface area contributed by atoms with E-state index in [1.807, 2.05) is 0 Å². The Labute approximate surface area is 134 Å². The monoisotopic (exact) mass is 314 g/mol. The van der Waals surface area contributed by atoms with Gasteiger partial charge in [0.25, 0.3) is 5.91 Å². The fraction of sp³-hybridized carbons (Fsp3) is 0.389. The molecule has 1 unspecified atom stereocenters. The lowest BCUT2D eigenvalue weighted by molar-refractivity contribution is 0.0606. The Hall–Kier alpha value is -2.14. The summed E-state index contributed by atoms with van der Waals surface area (Å²) in [6.07, 6.45) is 2.31. The molecule has 3 fully saturated rings. The summed E-state index contributed by atoms with van der Waals surface area (Å²) in [6.45, 7) is 3.22. The molecular weight excluding hydrogens is 295 g/mol. The van der Waals surface area contributed by atoms with Crippen LogP contribution in [0.1, 0.15) is 23.4 Å². The first-order valence-electron chi connectivity index (χ1n) is 8.08. The molecule has 120 valence electrons. The van der Waals surface area contributed by atoms with Gasteiger partial charge in [-0.05, 0) is 68.2 Å². The first kappa shape index (κ1) is 14.5. The number of halogens is 1. The van der Waals surface area contributed by atoms with Crippen molar-refractivity contribution in [2.45, 2.75) is 18.9 Å². The number of nitrogens with zero attached hydrogens (tertiary/aromatic N) is 1. The first-order chi connectivity index (χ1) is 11.2. The maximum atomic E-state index is 13.0. The van der Waals surface area contributed by atoms with Crippen molar-refractivity contribution >= 4 is 5.91 Å². The molecule has 0 spiro atoms. The number of amides is 1. The molecule has 1 atom stereocenters. The van der Waals surface area contributed by atoms with Crippen molar-refractivity contribution in [3.05, 3.63) is 48.0 Å². The molecule has 0 saturated carbocycles. The standard InChI is InChI=1S/C18H19FN2O2/c19-14-3-1-13(2-4-14)16-5-6-17(23-16)18(22)20-15-11-21-9-7-12(15)8-10-21/h1-6,12,15H,7-11H2,(H,20,22). The molecule has 2 aromatic rings. The lowest BCUT2D eigenvalue weighted by Gasteiger charge is -2.44. The minimum absolute atomic E-state index is 0.169. The largest absolute Gasteiger partial charge is 0.451 e. The predicted octanol–water partition coefficient (Wildman–Crippen LogP) is 2.91. The van der Waals surface area contributed by atoms with Gasteiger partial charge < -0.3 is 14.6 Å². The molecular formula is C18H19FN2O2. The number of hydrogen-bond donors (Lipinski definition) is 1. The van der Waals surface area contributed by atoms with Gasteiger partial charge in [0.2, 0.25) is 0 Å². The van der Waals surface area contributed by atoms with E-state index in [1.54, 1.807) is 24.3 Å². The van der Waals surface area contributed by atoms with Gasteiger partial charge >= 0.3 is 0 Å². The summed E-state index contributed by atoms with van der Waals surface area (Å²) in [5.41, 5.74) is 0.758. The van der Waals surface area contributed by atoms with E-state index in [4.69, 9.17) is 4.42 Å². The molecule has 1 aromatic carbocycles. The van der Waals surface area contributed by atoms with E-state index in [0.29, 0.717) is 17.4 Å². The number of furan rings is 1. The Morgan fingerprint density at radius 1 is 1.13 bits per heavy atom. The average molecular weight is 314 g/mol. The van der Waals surface area contributed by atoms with Gasteiger partial charge in [-0.15, -0.1) is 0 Å². The number of benzene rings is 1. The Morgan fingerprint density at radius 2 is 1.87 bits per heavy atom. The molecule has 0 aliphatic carbocycles. The van der Waals surface area contributed by atoms with E-state index in [1.165, 1.54) is 12.1 Å². The summed E-state index contributed by atoms with van der Waals surface area (Å²) in [6, 6.07) is 9.68. The molecule has 5 rings (SSSR count). The van der Waals surface area contributed by atoms with Gasteiger partial charge in [-0.25, -0.2) is 4.39 Å². The zero-order valence-corrected chi connectivity index (χ0v) is 12.8. The Kier molecular flexibility index (Phi) is 3.65. The van der Waals surface area contributed by atoms with Crippen molar-refractivity contribution in [3.8, 4) is 11.3 Å². The number of carbonyl (C=O) groups is 1. The summed E-state index contributed by atoms with van der Waals surface area (Å²) in [7, 11) is 0. The average Bonchev–Trinajstić information content (AvgIpc) is 3.07. The molecule has 4 heterocycles. The van der Waals surface area contributed by atoms with E-state index in [2.05, 4.69) is 10.2 Å². The lowest BCUT2D eigenvalue weighted by Crippen LogP contribution is -2.57. The van der Waals surface area contributed by atoms with Gasteiger partial charge in [0.1, 0.15) is 11.6 Å². The first-order valence-corrected chi connectivity index (χ1v) is 8.08. The number of carbonyl (C=O) groups excluding carboxylic acids is 1. The Balaban J connectivity index is 1.46. The molecule has 1 aromatic heterocycles. The van der Waals surface area contributed by atoms with Crippen LogP contribution in [0.15, 0.2) is 40.8 Å². The quantitative estimate of drug-likeness (QED) is 0.947. The fourth-order valence-electron chi connectivity index (χ4n) is 3.60.